The maximum Gasteiger partial charge on any atom is 0.387 e. The van der Waals surface area contributed by atoms with Gasteiger partial charge in [0.25, 0.3) is 5.69 Å². The van der Waals surface area contributed by atoms with E-state index < -0.39 is 17.6 Å². The van der Waals surface area contributed by atoms with Crippen LogP contribution in [0.3, 0.4) is 0 Å². The number of piperazine rings is 1. The third-order valence-electron chi connectivity index (χ3n) is 4.89. The first-order valence-corrected chi connectivity index (χ1v) is 9.38. The number of urea groups is 1. The largest absolute Gasteiger partial charge is 0.433 e. The van der Waals surface area contributed by atoms with E-state index in [1.54, 1.807) is 0 Å². The minimum absolute atomic E-state index is 0.108. The molecule has 0 radical (unpaired) electrons. The van der Waals surface area contributed by atoms with E-state index in [0.717, 1.165) is 44.4 Å². The van der Waals surface area contributed by atoms with Gasteiger partial charge in [-0.2, -0.15) is 8.78 Å². The molecule has 1 fully saturated rings. The van der Waals surface area contributed by atoms with Gasteiger partial charge in [-0.1, -0.05) is 13.8 Å². The Labute approximate surface area is 168 Å². The van der Waals surface area contributed by atoms with Crippen molar-refractivity contribution in [3.8, 4) is 5.75 Å². The van der Waals surface area contributed by atoms with Crippen LogP contribution in [0.15, 0.2) is 18.2 Å². The van der Waals surface area contributed by atoms with Crippen LogP contribution in [0, 0.1) is 16.0 Å². The van der Waals surface area contributed by atoms with Crippen molar-refractivity contribution in [3.63, 3.8) is 0 Å². The molecular formula is C18H27F2N5O4. The number of amides is 2. The number of nitro benzene ring substituents is 1. The predicted octanol–water partition coefficient (Wildman–Crippen LogP) is 2.59. The number of nitrogens with zero attached hydrogens (tertiary/aromatic N) is 3. The number of likely N-dealkylation sites (N-methyl/N-ethyl adjacent to an activating group) is 1. The second-order valence-corrected chi connectivity index (χ2v) is 7.30. The summed E-state index contributed by atoms with van der Waals surface area (Å²) in [6, 6.07) is 2.50. The lowest BCUT2D eigenvalue weighted by molar-refractivity contribution is -0.384. The van der Waals surface area contributed by atoms with E-state index in [0.29, 0.717) is 6.54 Å². The topological polar surface area (TPSA) is 100.0 Å². The summed E-state index contributed by atoms with van der Waals surface area (Å²) in [5.41, 5.74) is -0.544. The number of alkyl halides is 2. The first kappa shape index (κ1) is 22.8. The smallest absolute Gasteiger partial charge is 0.387 e. The maximum absolute atomic E-state index is 12.6. The molecule has 1 heterocycles. The van der Waals surface area contributed by atoms with Crippen LogP contribution in [0.4, 0.5) is 25.0 Å². The highest BCUT2D eigenvalue weighted by molar-refractivity contribution is 5.91. The molecular weight excluding hydrogens is 388 g/mol. The van der Waals surface area contributed by atoms with E-state index in [4.69, 9.17) is 0 Å². The number of benzene rings is 1. The Morgan fingerprint density at radius 3 is 2.48 bits per heavy atom. The summed E-state index contributed by atoms with van der Waals surface area (Å²) in [6.07, 6.45) is 0. The Hall–Kier alpha value is -2.53. The van der Waals surface area contributed by atoms with Gasteiger partial charge in [-0.25, -0.2) is 4.79 Å². The fourth-order valence-electron chi connectivity index (χ4n) is 3.23. The lowest BCUT2D eigenvalue weighted by atomic mass is 10.0. The van der Waals surface area contributed by atoms with Crippen molar-refractivity contribution in [1.29, 1.82) is 0 Å². The number of ether oxygens (including phenoxy) is 1. The monoisotopic (exact) mass is 415 g/mol. The standard InChI is InChI=1S/C18H27F2N5O4/c1-12(2)15(24-8-6-23(3)7-9-24)11-21-18(26)22-14-10-13(25(27)28)4-5-16(14)29-17(19)20/h4-5,10,12,15,17H,6-9,11H2,1-3H3,(H2,21,22,26). The Morgan fingerprint density at radius 1 is 1.28 bits per heavy atom. The number of non-ortho nitro benzene ring substituents is 1. The quantitative estimate of drug-likeness (QED) is 0.500. The van der Waals surface area contributed by atoms with Crippen LogP contribution >= 0.6 is 0 Å². The Bertz CT molecular complexity index is 711. The van der Waals surface area contributed by atoms with E-state index >= 15 is 0 Å². The molecule has 1 aromatic rings. The second kappa shape index (κ2) is 10.3. The number of carbonyl (C=O) groups is 1. The van der Waals surface area contributed by atoms with Gasteiger partial charge < -0.3 is 20.3 Å². The molecule has 2 rings (SSSR count). The maximum atomic E-state index is 12.6. The molecule has 9 nitrogen and oxygen atoms in total. The average molecular weight is 415 g/mol. The van der Waals surface area contributed by atoms with E-state index in [-0.39, 0.29) is 29.1 Å². The first-order valence-electron chi connectivity index (χ1n) is 9.38. The highest BCUT2D eigenvalue weighted by atomic mass is 19.3. The number of anilines is 1. The number of nitrogens with one attached hydrogen (secondary N) is 2. The minimum atomic E-state index is -3.12. The van der Waals surface area contributed by atoms with Crippen LogP contribution in [0.1, 0.15) is 13.8 Å². The summed E-state index contributed by atoms with van der Waals surface area (Å²) >= 11 is 0. The summed E-state index contributed by atoms with van der Waals surface area (Å²) in [5, 5.41) is 16.0. The van der Waals surface area contributed by atoms with Crippen molar-refractivity contribution in [3.05, 3.63) is 28.3 Å². The molecule has 1 saturated heterocycles. The van der Waals surface area contributed by atoms with Crippen LogP contribution in [-0.4, -0.2) is 73.2 Å². The molecule has 11 heteroatoms. The fraction of sp³-hybridized carbons (Fsp3) is 0.611. The fourth-order valence-corrected chi connectivity index (χ4v) is 3.23. The molecule has 1 aromatic carbocycles. The molecule has 1 aliphatic heterocycles. The number of halogens is 2. The summed E-state index contributed by atoms with van der Waals surface area (Å²) < 4.78 is 29.5. The Balaban J connectivity index is 2.03. The molecule has 2 N–H and O–H groups in total. The van der Waals surface area contributed by atoms with Gasteiger partial charge in [-0.05, 0) is 19.0 Å². The molecule has 2 amide bonds. The highest BCUT2D eigenvalue weighted by Crippen LogP contribution is 2.30. The molecule has 1 atom stereocenters. The van der Waals surface area contributed by atoms with Crippen molar-refractivity contribution in [2.75, 3.05) is 45.1 Å². The first-order chi connectivity index (χ1) is 13.7. The molecule has 1 aliphatic rings. The van der Waals surface area contributed by atoms with Crippen molar-refractivity contribution in [2.45, 2.75) is 26.5 Å². The molecule has 162 valence electrons. The van der Waals surface area contributed by atoms with Crippen LogP contribution in [-0.2, 0) is 0 Å². The van der Waals surface area contributed by atoms with Gasteiger partial charge in [0, 0.05) is 50.9 Å². The molecule has 0 spiro atoms. The van der Waals surface area contributed by atoms with Crippen LogP contribution in [0.2, 0.25) is 0 Å². The molecule has 1 unspecified atom stereocenters. The minimum Gasteiger partial charge on any atom is -0.433 e. The number of rotatable bonds is 8. The zero-order chi connectivity index (χ0) is 21.6. The SMILES string of the molecule is CC(C)C(CNC(=O)Nc1cc([N+](=O)[O-])ccc1OC(F)F)N1CCN(C)CC1. The normalized spacial score (nSPS) is 16.7. The highest BCUT2D eigenvalue weighted by Gasteiger charge is 2.25. The van der Waals surface area contributed by atoms with Crippen LogP contribution < -0.4 is 15.4 Å². The van der Waals surface area contributed by atoms with Gasteiger partial charge in [-0.15, -0.1) is 0 Å². The Morgan fingerprint density at radius 2 is 1.93 bits per heavy atom. The molecule has 29 heavy (non-hydrogen) atoms. The molecule has 0 bridgehead atoms. The third-order valence-corrected chi connectivity index (χ3v) is 4.89. The van der Waals surface area contributed by atoms with E-state index in [9.17, 15) is 23.7 Å². The van der Waals surface area contributed by atoms with Crippen LogP contribution in [0.5, 0.6) is 5.75 Å². The summed E-state index contributed by atoms with van der Waals surface area (Å²) in [6.45, 7) is 5.03. The van der Waals surface area contributed by atoms with Gasteiger partial charge in [0.1, 0.15) is 5.75 Å². The van der Waals surface area contributed by atoms with E-state index in [1.165, 1.54) is 0 Å². The molecule has 0 aromatic heterocycles. The van der Waals surface area contributed by atoms with Crippen molar-refractivity contribution >= 4 is 17.4 Å². The van der Waals surface area contributed by atoms with E-state index in [2.05, 4.69) is 46.1 Å². The Kier molecular flexibility index (Phi) is 8.09. The summed E-state index contributed by atoms with van der Waals surface area (Å²) in [4.78, 5) is 27.1. The lowest BCUT2D eigenvalue weighted by Gasteiger charge is -2.39. The number of carbonyl (C=O) groups excluding carboxylic acids is 1. The number of hydrogen-bond acceptors (Lipinski definition) is 6. The number of nitro groups is 1. The molecule has 0 saturated carbocycles. The lowest BCUT2D eigenvalue weighted by Crippen LogP contribution is -2.54. The van der Waals surface area contributed by atoms with E-state index in [1.807, 2.05) is 0 Å². The van der Waals surface area contributed by atoms with Crippen molar-refractivity contribution in [2.24, 2.45) is 5.92 Å². The summed E-state index contributed by atoms with van der Waals surface area (Å²) in [5.74, 6) is -0.0607. The van der Waals surface area contributed by atoms with Gasteiger partial charge in [0.15, 0.2) is 0 Å². The summed E-state index contributed by atoms with van der Waals surface area (Å²) in [7, 11) is 2.06. The number of hydrogen-bond donors (Lipinski definition) is 2. The van der Waals surface area contributed by atoms with Crippen molar-refractivity contribution in [1.82, 2.24) is 15.1 Å². The predicted molar refractivity (Wildman–Crippen MR) is 104 cm³/mol. The van der Waals surface area contributed by atoms with Gasteiger partial charge in [0.05, 0.1) is 10.6 Å². The van der Waals surface area contributed by atoms with Crippen molar-refractivity contribution < 1.29 is 23.2 Å². The molecule has 0 aliphatic carbocycles. The average Bonchev–Trinajstić information content (AvgIpc) is 2.64. The van der Waals surface area contributed by atoms with Gasteiger partial charge >= 0.3 is 12.6 Å². The van der Waals surface area contributed by atoms with Gasteiger partial charge in [0.2, 0.25) is 0 Å². The van der Waals surface area contributed by atoms with Gasteiger partial charge in [-0.3, -0.25) is 15.0 Å². The zero-order valence-electron chi connectivity index (χ0n) is 16.7. The van der Waals surface area contributed by atoms with Crippen LogP contribution in [0.25, 0.3) is 0 Å². The third kappa shape index (κ3) is 6.79. The second-order valence-electron chi connectivity index (χ2n) is 7.30. The zero-order valence-corrected chi connectivity index (χ0v) is 16.7.